The van der Waals surface area contributed by atoms with Gasteiger partial charge in [-0.2, -0.15) is 0 Å². The number of amides is 1. The molecule has 5 nitrogen and oxygen atoms in total. The number of aliphatic hydroxyl groups excluding tert-OH is 1. The van der Waals surface area contributed by atoms with Gasteiger partial charge in [-0.15, -0.1) is 0 Å². The van der Waals surface area contributed by atoms with E-state index in [2.05, 4.69) is 16.4 Å². The molecule has 2 N–H and O–H groups in total. The number of benzene rings is 1. The Labute approximate surface area is 195 Å². The van der Waals surface area contributed by atoms with Gasteiger partial charge < -0.3 is 15.2 Å². The number of carbonyl (C=O) groups is 1. The highest BCUT2D eigenvalue weighted by Gasteiger charge is 2.44. The van der Waals surface area contributed by atoms with Gasteiger partial charge in [-0.1, -0.05) is 24.3 Å². The molecular weight excluding hydrogens is 419 g/mol. The van der Waals surface area contributed by atoms with Crippen molar-refractivity contribution >= 4 is 12.2 Å². The summed E-state index contributed by atoms with van der Waals surface area (Å²) in [5.74, 6) is 0.602. The van der Waals surface area contributed by atoms with Gasteiger partial charge >= 0.3 is 6.09 Å². The Morgan fingerprint density at radius 2 is 2.00 bits per heavy atom. The van der Waals surface area contributed by atoms with E-state index >= 15 is 0 Å². The first-order valence-corrected chi connectivity index (χ1v) is 11.8. The van der Waals surface area contributed by atoms with Crippen molar-refractivity contribution in [3.63, 3.8) is 0 Å². The zero-order chi connectivity index (χ0) is 23.6. The van der Waals surface area contributed by atoms with E-state index in [1.807, 2.05) is 45.0 Å². The van der Waals surface area contributed by atoms with E-state index in [1.165, 1.54) is 12.1 Å². The molecular formula is C27H33FN2O3. The molecule has 1 aromatic carbocycles. The van der Waals surface area contributed by atoms with Crippen LogP contribution >= 0.6 is 0 Å². The van der Waals surface area contributed by atoms with Gasteiger partial charge in [0.1, 0.15) is 11.4 Å². The predicted octanol–water partition coefficient (Wildman–Crippen LogP) is 5.59. The maximum Gasteiger partial charge on any atom is 0.407 e. The standard InChI is InChI=1S/C27H33FN2O3/c1-27(2,3)33-26(32)30-22-10-11-23-19(14-22)15-25(31)24(23)12-9-21-8-7-18(16-29-21)17-5-4-6-20(28)13-17/h4-9,12-13,16,19,22-25,31H,10-11,14-15H2,1-3H3,(H,30,32)/b12-9+/t19-,22?,23-,24+,25-/m1/s1. The number of carbonyl (C=O) groups excluding carboxylic acids is 1. The number of pyridine rings is 1. The van der Waals surface area contributed by atoms with E-state index in [-0.39, 0.29) is 30.0 Å². The van der Waals surface area contributed by atoms with Crippen LogP contribution in [0.5, 0.6) is 0 Å². The Bertz CT molecular complexity index is 999. The summed E-state index contributed by atoms with van der Waals surface area (Å²) in [6.45, 7) is 5.58. The summed E-state index contributed by atoms with van der Waals surface area (Å²) in [7, 11) is 0. The molecule has 2 saturated carbocycles. The molecule has 33 heavy (non-hydrogen) atoms. The van der Waals surface area contributed by atoms with Gasteiger partial charge in [0.15, 0.2) is 0 Å². The second-order valence-corrected chi connectivity index (χ2v) is 10.3. The Morgan fingerprint density at radius 1 is 1.18 bits per heavy atom. The molecule has 2 aliphatic carbocycles. The fourth-order valence-electron chi connectivity index (χ4n) is 5.25. The van der Waals surface area contributed by atoms with Gasteiger partial charge in [0.2, 0.25) is 0 Å². The van der Waals surface area contributed by atoms with Crippen LogP contribution in [0.25, 0.3) is 17.2 Å². The lowest BCUT2D eigenvalue weighted by molar-refractivity contribution is 0.0473. The van der Waals surface area contributed by atoms with Gasteiger partial charge in [-0.3, -0.25) is 4.98 Å². The van der Waals surface area contributed by atoms with Crippen molar-refractivity contribution in [2.45, 2.75) is 64.2 Å². The number of ether oxygens (including phenoxy) is 1. The molecule has 0 radical (unpaired) electrons. The topological polar surface area (TPSA) is 71.5 Å². The molecule has 6 heteroatoms. The van der Waals surface area contributed by atoms with Crippen LogP contribution in [0, 0.1) is 23.6 Å². The molecule has 0 saturated heterocycles. The third-order valence-electron chi connectivity index (χ3n) is 6.68. The summed E-state index contributed by atoms with van der Waals surface area (Å²) in [5.41, 5.74) is 1.96. The third kappa shape index (κ3) is 5.99. The lowest BCUT2D eigenvalue weighted by Crippen LogP contribution is -2.42. The second-order valence-electron chi connectivity index (χ2n) is 10.3. The van der Waals surface area contributed by atoms with Crippen LogP contribution in [-0.2, 0) is 4.74 Å². The first kappa shape index (κ1) is 23.4. The molecule has 0 spiro atoms. The van der Waals surface area contributed by atoms with E-state index in [9.17, 15) is 14.3 Å². The summed E-state index contributed by atoms with van der Waals surface area (Å²) < 4.78 is 18.9. The number of aromatic nitrogens is 1. The van der Waals surface area contributed by atoms with Crippen LogP contribution in [0.15, 0.2) is 48.7 Å². The lowest BCUT2D eigenvalue weighted by Gasteiger charge is -2.34. The zero-order valence-electron chi connectivity index (χ0n) is 19.5. The fourth-order valence-corrected chi connectivity index (χ4v) is 5.25. The fraction of sp³-hybridized carbons (Fsp3) is 0.481. The van der Waals surface area contributed by atoms with E-state index in [0.717, 1.165) is 42.5 Å². The van der Waals surface area contributed by atoms with Crippen LogP contribution in [0.4, 0.5) is 9.18 Å². The normalized spacial score (nSPS) is 27.4. The summed E-state index contributed by atoms with van der Waals surface area (Å²) in [6.07, 6.45) is 8.51. The number of hydrogen-bond acceptors (Lipinski definition) is 4. The SMILES string of the molecule is CC(C)(C)OC(=O)NC1CC[C@@H]2[C@H](C1)C[C@@H](O)[C@H]2/C=C/c1ccc(-c2cccc(F)c2)cn1. The number of fused-ring (bicyclic) bond motifs is 1. The van der Waals surface area contributed by atoms with Crippen molar-refractivity contribution < 1.29 is 19.0 Å². The van der Waals surface area contributed by atoms with Gasteiger partial charge in [0.25, 0.3) is 0 Å². The molecule has 4 rings (SSSR count). The van der Waals surface area contributed by atoms with Crippen LogP contribution in [0.1, 0.15) is 52.1 Å². The van der Waals surface area contributed by atoms with E-state index in [0.29, 0.717) is 11.8 Å². The molecule has 2 fully saturated rings. The smallest absolute Gasteiger partial charge is 0.407 e. The lowest BCUT2D eigenvalue weighted by atomic mass is 9.76. The van der Waals surface area contributed by atoms with Crippen LogP contribution < -0.4 is 5.32 Å². The highest BCUT2D eigenvalue weighted by atomic mass is 19.1. The summed E-state index contributed by atoms with van der Waals surface area (Å²) in [4.78, 5) is 16.6. The third-order valence-corrected chi connectivity index (χ3v) is 6.68. The molecule has 2 aliphatic rings. The minimum absolute atomic E-state index is 0.0853. The number of hydrogen-bond donors (Lipinski definition) is 2. The molecule has 2 aromatic rings. The number of halogens is 1. The molecule has 1 amide bonds. The maximum absolute atomic E-state index is 13.5. The Balaban J connectivity index is 1.35. The molecule has 176 valence electrons. The van der Waals surface area contributed by atoms with Crippen LogP contribution in [0.3, 0.4) is 0 Å². The largest absolute Gasteiger partial charge is 0.444 e. The molecule has 1 heterocycles. The van der Waals surface area contributed by atoms with Crippen molar-refractivity contribution in [2.24, 2.45) is 17.8 Å². The minimum atomic E-state index is -0.510. The van der Waals surface area contributed by atoms with E-state index in [1.54, 1.807) is 12.3 Å². The summed E-state index contributed by atoms with van der Waals surface area (Å²) >= 11 is 0. The van der Waals surface area contributed by atoms with Crippen molar-refractivity contribution in [1.29, 1.82) is 0 Å². The predicted molar refractivity (Wildman–Crippen MR) is 127 cm³/mol. The Kier molecular flexibility index (Phi) is 6.84. The quantitative estimate of drug-likeness (QED) is 0.634. The van der Waals surface area contributed by atoms with E-state index < -0.39 is 5.60 Å². The monoisotopic (exact) mass is 452 g/mol. The first-order chi connectivity index (χ1) is 15.7. The van der Waals surface area contributed by atoms with Gasteiger partial charge in [-0.25, -0.2) is 9.18 Å². The van der Waals surface area contributed by atoms with Gasteiger partial charge in [-0.05, 0) is 88.1 Å². The average Bonchev–Trinajstić information content (AvgIpc) is 3.05. The average molecular weight is 453 g/mol. The number of nitrogens with zero attached hydrogens (tertiary/aromatic N) is 1. The van der Waals surface area contributed by atoms with Crippen molar-refractivity contribution in [1.82, 2.24) is 10.3 Å². The summed E-state index contributed by atoms with van der Waals surface area (Å²) in [5, 5.41) is 13.7. The number of nitrogens with one attached hydrogen (secondary N) is 1. The first-order valence-electron chi connectivity index (χ1n) is 11.8. The Morgan fingerprint density at radius 3 is 2.70 bits per heavy atom. The maximum atomic E-state index is 13.5. The second kappa shape index (κ2) is 9.64. The van der Waals surface area contributed by atoms with Crippen molar-refractivity contribution in [2.75, 3.05) is 0 Å². The van der Waals surface area contributed by atoms with Crippen molar-refractivity contribution in [3.8, 4) is 11.1 Å². The van der Waals surface area contributed by atoms with Crippen molar-refractivity contribution in [3.05, 3.63) is 60.2 Å². The Hall–Kier alpha value is -2.73. The molecule has 1 unspecified atom stereocenters. The van der Waals surface area contributed by atoms with Crippen LogP contribution in [-0.4, -0.2) is 33.9 Å². The van der Waals surface area contributed by atoms with Gasteiger partial charge in [0, 0.05) is 23.7 Å². The number of aliphatic hydroxyl groups is 1. The molecule has 5 atom stereocenters. The van der Waals surface area contributed by atoms with Crippen LogP contribution in [0.2, 0.25) is 0 Å². The van der Waals surface area contributed by atoms with E-state index in [4.69, 9.17) is 4.74 Å². The molecule has 0 aliphatic heterocycles. The summed E-state index contributed by atoms with van der Waals surface area (Å²) in [6, 6.07) is 10.4. The molecule has 1 aromatic heterocycles. The number of rotatable bonds is 4. The highest BCUT2D eigenvalue weighted by molar-refractivity contribution is 5.68. The van der Waals surface area contributed by atoms with Gasteiger partial charge in [0.05, 0.1) is 11.8 Å². The highest BCUT2D eigenvalue weighted by Crippen LogP contribution is 2.46. The zero-order valence-corrected chi connectivity index (χ0v) is 19.5. The number of alkyl carbamates (subject to hydrolysis) is 1. The minimum Gasteiger partial charge on any atom is -0.444 e. The molecule has 0 bridgehead atoms.